The van der Waals surface area contributed by atoms with E-state index in [1.807, 2.05) is 0 Å². The number of ether oxygens (including phenoxy) is 1. The lowest BCUT2D eigenvalue weighted by Gasteiger charge is -2.09. The van der Waals surface area contributed by atoms with Crippen LogP contribution in [0.4, 0.5) is 0 Å². The van der Waals surface area contributed by atoms with Gasteiger partial charge in [-0.05, 0) is 18.9 Å². The van der Waals surface area contributed by atoms with Crippen LogP contribution < -0.4 is 0 Å². The third kappa shape index (κ3) is 3.17. The quantitative estimate of drug-likeness (QED) is 0.613. The number of halogens is 3. The molecule has 2 rings (SSSR count). The molecule has 1 fully saturated rings. The van der Waals surface area contributed by atoms with Crippen molar-refractivity contribution in [2.24, 2.45) is 0 Å². The molecule has 1 aromatic rings. The molecular weight excluding hydrogens is 289 g/mol. The summed E-state index contributed by atoms with van der Waals surface area (Å²) in [5.41, 5.74) is 0. The minimum Gasteiger partial charge on any atom is -0.377 e. The van der Waals surface area contributed by atoms with Crippen LogP contribution >= 0.6 is 46.6 Å². The number of thioether (sulfide) groups is 1. The van der Waals surface area contributed by atoms with Gasteiger partial charge in [0, 0.05) is 12.4 Å². The molecule has 16 heavy (non-hydrogen) atoms. The summed E-state index contributed by atoms with van der Waals surface area (Å²) in [5.74, 6) is 0.852. The van der Waals surface area contributed by atoms with Crippen LogP contribution in [-0.2, 0) is 4.74 Å². The number of pyridine rings is 1. The Balaban J connectivity index is 2.00. The summed E-state index contributed by atoms with van der Waals surface area (Å²) in [6.07, 6.45) is 2.54. The van der Waals surface area contributed by atoms with Crippen molar-refractivity contribution in [3.05, 3.63) is 21.3 Å². The van der Waals surface area contributed by atoms with E-state index >= 15 is 0 Å². The highest BCUT2D eigenvalue weighted by molar-refractivity contribution is 7.99. The molecule has 1 aliphatic heterocycles. The largest absolute Gasteiger partial charge is 0.377 e. The molecule has 0 radical (unpaired) electrons. The highest BCUT2D eigenvalue weighted by Crippen LogP contribution is 2.32. The third-order valence-electron chi connectivity index (χ3n) is 2.28. The molecule has 1 aliphatic rings. The van der Waals surface area contributed by atoms with Crippen LogP contribution in [0.2, 0.25) is 15.2 Å². The molecule has 1 unspecified atom stereocenters. The zero-order valence-electron chi connectivity index (χ0n) is 8.38. The summed E-state index contributed by atoms with van der Waals surface area (Å²) in [6.45, 7) is 0.855. The number of aromatic nitrogens is 1. The van der Waals surface area contributed by atoms with E-state index in [4.69, 9.17) is 39.5 Å². The van der Waals surface area contributed by atoms with Gasteiger partial charge in [-0.25, -0.2) is 4.98 Å². The molecule has 0 aliphatic carbocycles. The van der Waals surface area contributed by atoms with Gasteiger partial charge in [-0.1, -0.05) is 34.8 Å². The van der Waals surface area contributed by atoms with Crippen molar-refractivity contribution >= 4 is 46.6 Å². The highest BCUT2D eigenvalue weighted by Gasteiger charge is 2.17. The number of hydrogen-bond donors (Lipinski definition) is 0. The molecule has 0 aromatic carbocycles. The minimum atomic E-state index is 0.293. The Morgan fingerprint density at radius 1 is 1.38 bits per heavy atom. The lowest BCUT2D eigenvalue weighted by Crippen LogP contribution is -2.08. The summed E-state index contributed by atoms with van der Waals surface area (Å²) in [7, 11) is 0. The van der Waals surface area contributed by atoms with Gasteiger partial charge in [0.2, 0.25) is 0 Å². The normalized spacial score (nSPS) is 20.3. The Morgan fingerprint density at radius 3 is 2.88 bits per heavy atom. The molecule has 0 saturated carbocycles. The third-order valence-corrected chi connectivity index (χ3v) is 4.48. The van der Waals surface area contributed by atoms with Crippen molar-refractivity contribution in [1.82, 2.24) is 4.98 Å². The van der Waals surface area contributed by atoms with Crippen molar-refractivity contribution in [2.45, 2.75) is 24.0 Å². The fraction of sp³-hybridized carbons (Fsp3) is 0.500. The molecule has 1 saturated heterocycles. The van der Waals surface area contributed by atoms with E-state index in [0.717, 1.165) is 25.2 Å². The van der Waals surface area contributed by atoms with Gasteiger partial charge in [0.25, 0.3) is 0 Å². The van der Waals surface area contributed by atoms with Crippen LogP contribution in [0, 0.1) is 0 Å². The van der Waals surface area contributed by atoms with E-state index in [2.05, 4.69) is 4.98 Å². The van der Waals surface area contributed by atoms with Crippen LogP contribution in [0.25, 0.3) is 0 Å². The fourth-order valence-electron chi connectivity index (χ4n) is 1.48. The predicted molar refractivity (Wildman–Crippen MR) is 69.0 cm³/mol. The van der Waals surface area contributed by atoms with Crippen molar-refractivity contribution in [3.8, 4) is 0 Å². The predicted octanol–water partition coefficient (Wildman–Crippen LogP) is 4.31. The average molecular weight is 299 g/mol. The topological polar surface area (TPSA) is 22.1 Å². The van der Waals surface area contributed by atoms with E-state index < -0.39 is 0 Å². The van der Waals surface area contributed by atoms with E-state index in [1.54, 1.807) is 17.8 Å². The lowest BCUT2D eigenvalue weighted by atomic mass is 10.3. The summed E-state index contributed by atoms with van der Waals surface area (Å²) < 4.78 is 5.52. The first kappa shape index (κ1) is 12.8. The van der Waals surface area contributed by atoms with Gasteiger partial charge in [0.1, 0.15) is 10.2 Å². The molecule has 0 amide bonds. The van der Waals surface area contributed by atoms with Gasteiger partial charge in [-0.2, -0.15) is 0 Å². The molecule has 2 nitrogen and oxygen atoms in total. The Kier molecular flexibility index (Phi) is 4.62. The molecule has 2 heterocycles. The maximum absolute atomic E-state index is 6.02. The maximum Gasteiger partial charge on any atom is 0.149 e. The lowest BCUT2D eigenvalue weighted by molar-refractivity contribution is 0.129. The second-order valence-corrected chi connectivity index (χ2v) is 5.68. The van der Waals surface area contributed by atoms with Crippen molar-refractivity contribution in [1.29, 1.82) is 0 Å². The fourth-order valence-corrected chi connectivity index (χ4v) is 3.15. The Hall–Kier alpha value is 0.330. The highest BCUT2D eigenvalue weighted by atomic mass is 35.5. The summed E-state index contributed by atoms with van der Waals surface area (Å²) in [4.78, 5) is 4.14. The van der Waals surface area contributed by atoms with E-state index in [1.165, 1.54) is 0 Å². The zero-order valence-corrected chi connectivity index (χ0v) is 11.5. The zero-order chi connectivity index (χ0) is 11.5. The molecule has 0 spiro atoms. The van der Waals surface area contributed by atoms with Gasteiger partial charge in [0.15, 0.2) is 0 Å². The summed E-state index contributed by atoms with van der Waals surface area (Å²) in [5, 5.41) is 1.93. The monoisotopic (exact) mass is 297 g/mol. The summed E-state index contributed by atoms with van der Waals surface area (Å²) in [6, 6.07) is 1.62. The molecule has 88 valence electrons. The van der Waals surface area contributed by atoms with E-state index in [-0.39, 0.29) is 0 Å². The van der Waals surface area contributed by atoms with E-state index in [0.29, 0.717) is 26.3 Å². The first-order valence-corrected chi connectivity index (χ1v) is 7.04. The van der Waals surface area contributed by atoms with Crippen LogP contribution in [0.5, 0.6) is 0 Å². The first-order chi connectivity index (χ1) is 7.66. The standard InChI is InChI=1S/C10H10Cl3NOS/c11-7-4-8(12)10(14-9(7)13)16-5-6-2-1-3-15-6/h4,6H,1-3,5H2. The Labute approximate surface area is 114 Å². The Morgan fingerprint density at radius 2 is 2.19 bits per heavy atom. The van der Waals surface area contributed by atoms with Gasteiger partial charge >= 0.3 is 0 Å². The second-order valence-electron chi connectivity index (χ2n) is 3.49. The van der Waals surface area contributed by atoms with Crippen LogP contribution in [0.3, 0.4) is 0 Å². The Bertz CT molecular complexity index is 383. The molecule has 0 bridgehead atoms. The molecule has 1 atom stereocenters. The van der Waals surface area contributed by atoms with Gasteiger partial charge in [0.05, 0.1) is 16.1 Å². The molecule has 0 N–H and O–H groups in total. The van der Waals surface area contributed by atoms with Gasteiger partial charge in [-0.3, -0.25) is 0 Å². The first-order valence-electron chi connectivity index (χ1n) is 4.93. The smallest absolute Gasteiger partial charge is 0.149 e. The average Bonchev–Trinajstić information content (AvgIpc) is 2.74. The number of hydrogen-bond acceptors (Lipinski definition) is 3. The van der Waals surface area contributed by atoms with Crippen molar-refractivity contribution in [3.63, 3.8) is 0 Å². The minimum absolute atomic E-state index is 0.293. The maximum atomic E-state index is 6.02. The van der Waals surface area contributed by atoms with Gasteiger partial charge < -0.3 is 4.74 Å². The second kappa shape index (κ2) is 5.78. The molecule has 1 aromatic heterocycles. The van der Waals surface area contributed by atoms with E-state index in [9.17, 15) is 0 Å². The van der Waals surface area contributed by atoms with Crippen LogP contribution in [0.1, 0.15) is 12.8 Å². The van der Waals surface area contributed by atoms with Crippen molar-refractivity contribution in [2.75, 3.05) is 12.4 Å². The van der Waals surface area contributed by atoms with Crippen LogP contribution in [-0.4, -0.2) is 23.4 Å². The molecular formula is C10H10Cl3NOS. The molecule has 6 heteroatoms. The summed E-state index contributed by atoms with van der Waals surface area (Å²) >= 11 is 19.2. The SMILES string of the molecule is Clc1cc(Cl)c(SCC2CCCO2)nc1Cl. The van der Waals surface area contributed by atoms with Crippen molar-refractivity contribution < 1.29 is 4.74 Å². The van der Waals surface area contributed by atoms with Crippen LogP contribution in [0.15, 0.2) is 11.1 Å². The number of rotatable bonds is 3. The van der Waals surface area contributed by atoms with Gasteiger partial charge in [-0.15, -0.1) is 11.8 Å². The number of nitrogens with zero attached hydrogens (tertiary/aromatic N) is 1.